The number of nitrogens with one attached hydrogen (secondary N) is 2. The molecule has 5 nitrogen and oxygen atoms in total. The van der Waals surface area contributed by atoms with Crippen molar-refractivity contribution in [1.82, 2.24) is 10.6 Å². The summed E-state index contributed by atoms with van der Waals surface area (Å²) in [6.07, 6.45) is 0.0597. The smallest absolute Gasteiger partial charge is 0.251 e. The fourth-order valence-electron chi connectivity index (χ4n) is 2.44. The number of hydrogen-bond donors (Lipinski definition) is 2. The van der Waals surface area contributed by atoms with Crippen LogP contribution in [0.1, 0.15) is 42.7 Å². The van der Waals surface area contributed by atoms with Crippen molar-refractivity contribution < 1.29 is 14.3 Å². The monoisotopic (exact) mass is 408 g/mol. The number of halogens is 2. The number of carbonyl (C=O) groups excluding carboxylic acids is 2. The van der Waals surface area contributed by atoms with Crippen LogP contribution in [0.25, 0.3) is 0 Å². The van der Waals surface area contributed by atoms with E-state index in [1.807, 2.05) is 20.8 Å². The van der Waals surface area contributed by atoms with E-state index in [9.17, 15) is 9.59 Å². The Labute approximate surface area is 169 Å². The minimum absolute atomic E-state index is 0.0597. The van der Waals surface area contributed by atoms with Gasteiger partial charge in [-0.3, -0.25) is 9.59 Å². The van der Waals surface area contributed by atoms with Gasteiger partial charge in [0.2, 0.25) is 5.91 Å². The molecule has 27 heavy (non-hydrogen) atoms. The molecule has 0 fully saturated rings. The van der Waals surface area contributed by atoms with Crippen molar-refractivity contribution in [1.29, 1.82) is 0 Å². The molecule has 1 atom stereocenters. The summed E-state index contributed by atoms with van der Waals surface area (Å²) in [5.74, 6) is 0.0352. The second-order valence-corrected chi connectivity index (χ2v) is 7.17. The molecule has 0 spiro atoms. The van der Waals surface area contributed by atoms with E-state index in [0.717, 1.165) is 5.56 Å². The van der Waals surface area contributed by atoms with Crippen LogP contribution in [0.4, 0.5) is 0 Å². The van der Waals surface area contributed by atoms with Crippen LogP contribution in [-0.2, 0) is 4.79 Å². The molecule has 0 radical (unpaired) electrons. The maximum atomic E-state index is 12.2. The minimum atomic E-state index is -0.335. The first kappa shape index (κ1) is 21.1. The van der Waals surface area contributed by atoms with Gasteiger partial charge in [0.15, 0.2) is 0 Å². The molecular weight excluding hydrogens is 387 g/mol. The van der Waals surface area contributed by atoms with Gasteiger partial charge >= 0.3 is 0 Å². The number of amides is 2. The summed E-state index contributed by atoms with van der Waals surface area (Å²) in [6.45, 7) is 5.52. The summed E-state index contributed by atoms with van der Waals surface area (Å²) in [6, 6.07) is 11.5. The second kappa shape index (κ2) is 9.62. The highest BCUT2D eigenvalue weighted by Crippen LogP contribution is 2.25. The zero-order chi connectivity index (χ0) is 20.0. The van der Waals surface area contributed by atoms with Gasteiger partial charge in [0.1, 0.15) is 5.75 Å². The zero-order valence-electron chi connectivity index (χ0n) is 15.4. The maximum absolute atomic E-state index is 12.2. The van der Waals surface area contributed by atoms with Crippen molar-refractivity contribution in [2.45, 2.75) is 32.9 Å². The van der Waals surface area contributed by atoms with Gasteiger partial charge in [-0.1, -0.05) is 29.3 Å². The standard InChI is InChI=1S/C20H22Cl2N2O3/c1-12(2)27-16-7-4-14(5-8-16)20(26)23-11-19(25)24-13(3)17-9-6-15(21)10-18(17)22/h4-10,12-13H,11H2,1-3H3,(H,23,26)(H,24,25). The lowest BCUT2D eigenvalue weighted by atomic mass is 10.1. The normalized spacial score (nSPS) is 11.8. The molecule has 144 valence electrons. The molecule has 2 rings (SSSR count). The van der Waals surface area contributed by atoms with Crippen molar-refractivity contribution >= 4 is 35.0 Å². The van der Waals surface area contributed by atoms with Crippen LogP contribution in [-0.4, -0.2) is 24.5 Å². The van der Waals surface area contributed by atoms with Crippen LogP contribution in [0.3, 0.4) is 0 Å². The summed E-state index contributed by atoms with van der Waals surface area (Å²) in [4.78, 5) is 24.3. The van der Waals surface area contributed by atoms with Gasteiger partial charge in [-0.05, 0) is 62.7 Å². The van der Waals surface area contributed by atoms with Crippen molar-refractivity contribution in [3.05, 3.63) is 63.6 Å². The van der Waals surface area contributed by atoms with Gasteiger partial charge < -0.3 is 15.4 Å². The second-order valence-electron chi connectivity index (χ2n) is 6.33. The third kappa shape index (κ3) is 6.45. The van der Waals surface area contributed by atoms with Crippen molar-refractivity contribution in [2.75, 3.05) is 6.54 Å². The van der Waals surface area contributed by atoms with Crippen LogP contribution in [0.2, 0.25) is 10.0 Å². The molecule has 2 amide bonds. The third-order valence-corrected chi connectivity index (χ3v) is 4.27. The number of rotatable bonds is 7. The van der Waals surface area contributed by atoms with Crippen LogP contribution >= 0.6 is 23.2 Å². The molecule has 0 bridgehead atoms. The molecule has 0 aliphatic carbocycles. The van der Waals surface area contributed by atoms with Crippen molar-refractivity contribution in [2.24, 2.45) is 0 Å². The first-order valence-corrected chi connectivity index (χ1v) is 9.31. The number of hydrogen-bond acceptors (Lipinski definition) is 3. The highest BCUT2D eigenvalue weighted by Gasteiger charge is 2.14. The minimum Gasteiger partial charge on any atom is -0.491 e. The fraction of sp³-hybridized carbons (Fsp3) is 0.300. The lowest BCUT2D eigenvalue weighted by Crippen LogP contribution is -2.38. The Morgan fingerprint density at radius 3 is 2.30 bits per heavy atom. The predicted molar refractivity (Wildman–Crippen MR) is 108 cm³/mol. The molecule has 7 heteroatoms. The third-order valence-electron chi connectivity index (χ3n) is 3.70. The van der Waals surface area contributed by atoms with E-state index in [0.29, 0.717) is 21.4 Å². The Hall–Kier alpha value is -2.24. The molecule has 2 aromatic carbocycles. The molecule has 2 aromatic rings. The Balaban J connectivity index is 1.86. The summed E-state index contributed by atoms with van der Waals surface area (Å²) in [7, 11) is 0. The maximum Gasteiger partial charge on any atom is 0.251 e. The number of ether oxygens (including phenoxy) is 1. The molecule has 2 N–H and O–H groups in total. The Morgan fingerprint density at radius 2 is 1.70 bits per heavy atom. The average molecular weight is 409 g/mol. The summed E-state index contributed by atoms with van der Waals surface area (Å²) < 4.78 is 5.54. The molecule has 0 saturated heterocycles. The summed E-state index contributed by atoms with van der Waals surface area (Å²) >= 11 is 12.0. The molecule has 0 aliphatic rings. The van der Waals surface area contributed by atoms with Crippen LogP contribution < -0.4 is 15.4 Å². The van der Waals surface area contributed by atoms with E-state index in [-0.39, 0.29) is 30.5 Å². The van der Waals surface area contributed by atoms with Gasteiger partial charge in [0, 0.05) is 15.6 Å². The number of carbonyl (C=O) groups is 2. The fourth-order valence-corrected chi connectivity index (χ4v) is 3.01. The van der Waals surface area contributed by atoms with E-state index in [2.05, 4.69) is 10.6 Å². The highest BCUT2D eigenvalue weighted by atomic mass is 35.5. The van der Waals surface area contributed by atoms with E-state index < -0.39 is 0 Å². The van der Waals surface area contributed by atoms with Gasteiger partial charge in [-0.15, -0.1) is 0 Å². The Morgan fingerprint density at radius 1 is 1.04 bits per heavy atom. The van der Waals surface area contributed by atoms with Crippen molar-refractivity contribution in [3.8, 4) is 5.75 Å². The van der Waals surface area contributed by atoms with E-state index in [1.54, 1.807) is 42.5 Å². The van der Waals surface area contributed by atoms with E-state index in [1.165, 1.54) is 0 Å². The van der Waals surface area contributed by atoms with E-state index >= 15 is 0 Å². The van der Waals surface area contributed by atoms with Crippen molar-refractivity contribution in [3.63, 3.8) is 0 Å². The molecule has 0 heterocycles. The van der Waals surface area contributed by atoms with Crippen LogP contribution in [0.5, 0.6) is 5.75 Å². The Kier molecular flexibility index (Phi) is 7.51. The predicted octanol–water partition coefficient (Wildman–Crippen LogP) is 4.39. The highest BCUT2D eigenvalue weighted by molar-refractivity contribution is 6.35. The molecule has 0 aromatic heterocycles. The molecule has 0 aliphatic heterocycles. The van der Waals surface area contributed by atoms with E-state index in [4.69, 9.17) is 27.9 Å². The summed E-state index contributed by atoms with van der Waals surface area (Å²) in [5.41, 5.74) is 1.20. The molecular formula is C20H22Cl2N2O3. The van der Waals surface area contributed by atoms with Crippen LogP contribution in [0, 0.1) is 0 Å². The lowest BCUT2D eigenvalue weighted by Gasteiger charge is -2.16. The van der Waals surface area contributed by atoms with Gasteiger partial charge in [-0.2, -0.15) is 0 Å². The zero-order valence-corrected chi connectivity index (χ0v) is 16.9. The first-order chi connectivity index (χ1) is 12.8. The summed E-state index contributed by atoms with van der Waals surface area (Å²) in [5, 5.41) is 6.39. The van der Waals surface area contributed by atoms with Gasteiger partial charge in [-0.25, -0.2) is 0 Å². The largest absolute Gasteiger partial charge is 0.491 e. The quantitative estimate of drug-likeness (QED) is 0.713. The van der Waals surface area contributed by atoms with Crippen LogP contribution in [0.15, 0.2) is 42.5 Å². The average Bonchev–Trinajstić information content (AvgIpc) is 2.59. The molecule has 1 unspecified atom stereocenters. The lowest BCUT2D eigenvalue weighted by molar-refractivity contribution is -0.120. The van der Waals surface area contributed by atoms with Gasteiger partial charge in [0.05, 0.1) is 18.7 Å². The molecule has 0 saturated carbocycles. The number of benzene rings is 2. The SMILES string of the molecule is CC(C)Oc1ccc(C(=O)NCC(=O)NC(C)c2ccc(Cl)cc2Cl)cc1. The topological polar surface area (TPSA) is 67.4 Å². The first-order valence-electron chi connectivity index (χ1n) is 8.55. The van der Waals surface area contributed by atoms with Gasteiger partial charge in [0.25, 0.3) is 5.91 Å². The Bertz CT molecular complexity index is 807.